The van der Waals surface area contributed by atoms with Gasteiger partial charge in [-0.1, -0.05) is 6.92 Å². The predicted molar refractivity (Wildman–Crippen MR) is 76.1 cm³/mol. The van der Waals surface area contributed by atoms with Crippen LogP contribution in [0.15, 0.2) is 23.1 Å². The molecule has 0 aliphatic heterocycles. The Morgan fingerprint density at radius 3 is 2.57 bits per heavy atom. The molecule has 6 nitrogen and oxygen atoms in total. The molecule has 1 amide bonds. The average molecular weight is 318 g/mol. The van der Waals surface area contributed by atoms with Crippen LogP contribution in [0.4, 0.5) is 4.39 Å². The van der Waals surface area contributed by atoms with Gasteiger partial charge < -0.3 is 9.64 Å². The maximum atomic E-state index is 13.8. The number of carbonyl (C=O) groups excluding carboxylic acids is 1. The third-order valence-corrected chi connectivity index (χ3v) is 4.06. The normalized spacial score (nSPS) is 11.2. The summed E-state index contributed by atoms with van der Waals surface area (Å²) in [5.74, 6) is -1.32. The number of likely N-dealkylation sites (N-methyl/N-ethyl adjacent to an activating group) is 1. The fraction of sp³-hybridized carbons (Fsp3) is 0.462. The van der Waals surface area contributed by atoms with Crippen LogP contribution in [-0.4, -0.2) is 46.5 Å². The van der Waals surface area contributed by atoms with Gasteiger partial charge in [0.25, 0.3) is 5.91 Å². The summed E-state index contributed by atoms with van der Waals surface area (Å²) in [5, 5.41) is 0. The summed E-state index contributed by atoms with van der Waals surface area (Å²) in [6, 6.07) is 3.29. The van der Waals surface area contributed by atoms with Gasteiger partial charge in [0, 0.05) is 20.6 Å². The number of ether oxygens (including phenoxy) is 1. The van der Waals surface area contributed by atoms with Crippen molar-refractivity contribution < 1.29 is 22.3 Å². The molecule has 0 saturated carbocycles. The maximum Gasteiger partial charge on any atom is 0.259 e. The molecule has 0 unspecified atom stereocenters. The second-order valence-corrected chi connectivity index (χ2v) is 6.33. The SMILES string of the molecule is CCCNS(=O)(=O)c1ccc(OCC(=O)N(C)C)c(F)c1. The molecule has 21 heavy (non-hydrogen) atoms. The molecule has 0 atom stereocenters. The van der Waals surface area contributed by atoms with Crippen molar-refractivity contribution in [1.29, 1.82) is 0 Å². The molecule has 0 spiro atoms. The summed E-state index contributed by atoms with van der Waals surface area (Å²) < 4.78 is 44.8. The minimum Gasteiger partial charge on any atom is -0.481 e. The molecule has 0 aromatic heterocycles. The molecule has 0 aliphatic rings. The molecule has 8 heteroatoms. The summed E-state index contributed by atoms with van der Waals surface area (Å²) in [6.45, 7) is 1.78. The van der Waals surface area contributed by atoms with Crippen LogP contribution < -0.4 is 9.46 Å². The van der Waals surface area contributed by atoms with E-state index in [1.807, 2.05) is 6.92 Å². The number of halogens is 1. The second kappa shape index (κ2) is 7.37. The monoisotopic (exact) mass is 318 g/mol. The van der Waals surface area contributed by atoms with E-state index in [1.54, 1.807) is 14.1 Å². The quantitative estimate of drug-likeness (QED) is 0.813. The van der Waals surface area contributed by atoms with Crippen LogP contribution in [0.3, 0.4) is 0 Å². The molecule has 0 saturated heterocycles. The third kappa shape index (κ3) is 4.98. The van der Waals surface area contributed by atoms with Crippen molar-refractivity contribution in [3.05, 3.63) is 24.0 Å². The molecule has 1 rings (SSSR count). The highest BCUT2D eigenvalue weighted by Gasteiger charge is 2.16. The maximum absolute atomic E-state index is 13.8. The largest absolute Gasteiger partial charge is 0.481 e. The van der Waals surface area contributed by atoms with Crippen LogP contribution in [0.5, 0.6) is 5.75 Å². The summed E-state index contributed by atoms with van der Waals surface area (Å²) in [5.41, 5.74) is 0. The van der Waals surface area contributed by atoms with Gasteiger partial charge >= 0.3 is 0 Å². The van der Waals surface area contributed by atoms with Crippen LogP contribution in [-0.2, 0) is 14.8 Å². The topological polar surface area (TPSA) is 75.7 Å². The number of benzene rings is 1. The van der Waals surface area contributed by atoms with Gasteiger partial charge in [-0.15, -0.1) is 0 Å². The summed E-state index contributed by atoms with van der Waals surface area (Å²) in [4.78, 5) is 12.5. The lowest BCUT2D eigenvalue weighted by Crippen LogP contribution is -2.27. The van der Waals surface area contributed by atoms with Gasteiger partial charge in [0.1, 0.15) is 0 Å². The third-order valence-electron chi connectivity index (χ3n) is 2.61. The number of nitrogens with zero attached hydrogens (tertiary/aromatic N) is 1. The first-order valence-electron chi connectivity index (χ1n) is 6.40. The number of amides is 1. The lowest BCUT2D eigenvalue weighted by molar-refractivity contribution is -0.130. The summed E-state index contributed by atoms with van der Waals surface area (Å²) in [7, 11) is -0.622. The number of hydrogen-bond acceptors (Lipinski definition) is 4. The molecule has 0 fully saturated rings. The van der Waals surface area contributed by atoms with E-state index in [9.17, 15) is 17.6 Å². The molecule has 0 heterocycles. The lowest BCUT2D eigenvalue weighted by Gasteiger charge is -2.12. The Labute approximate surface area is 123 Å². The number of sulfonamides is 1. The fourth-order valence-corrected chi connectivity index (χ4v) is 2.50. The smallest absolute Gasteiger partial charge is 0.259 e. The first kappa shape index (κ1) is 17.4. The molecule has 1 aromatic rings. The standard InChI is InChI=1S/C13H19FN2O4S/c1-4-7-15-21(18,19)10-5-6-12(11(14)8-10)20-9-13(17)16(2)3/h5-6,8,15H,4,7,9H2,1-3H3. The molecule has 1 aromatic carbocycles. The molecule has 1 N–H and O–H groups in total. The number of hydrogen-bond donors (Lipinski definition) is 1. The molecule has 0 radical (unpaired) electrons. The van der Waals surface area contributed by atoms with E-state index in [2.05, 4.69) is 4.72 Å². The molecule has 0 bridgehead atoms. The highest BCUT2D eigenvalue weighted by molar-refractivity contribution is 7.89. The highest BCUT2D eigenvalue weighted by atomic mass is 32.2. The first-order chi connectivity index (χ1) is 9.77. The first-order valence-corrected chi connectivity index (χ1v) is 7.88. The average Bonchev–Trinajstić information content (AvgIpc) is 2.43. The second-order valence-electron chi connectivity index (χ2n) is 4.57. The van der Waals surface area contributed by atoms with Crippen molar-refractivity contribution in [1.82, 2.24) is 9.62 Å². The summed E-state index contributed by atoms with van der Waals surface area (Å²) in [6.07, 6.45) is 0.634. The van der Waals surface area contributed by atoms with E-state index in [4.69, 9.17) is 4.74 Å². The van der Waals surface area contributed by atoms with E-state index < -0.39 is 15.8 Å². The van der Waals surface area contributed by atoms with E-state index >= 15 is 0 Å². The van der Waals surface area contributed by atoms with Gasteiger partial charge in [0.15, 0.2) is 18.2 Å². The van der Waals surface area contributed by atoms with E-state index in [0.717, 1.165) is 6.07 Å². The van der Waals surface area contributed by atoms with Crippen molar-refractivity contribution in [2.45, 2.75) is 18.2 Å². The number of rotatable bonds is 7. The Morgan fingerprint density at radius 2 is 2.05 bits per heavy atom. The zero-order chi connectivity index (χ0) is 16.0. The van der Waals surface area contributed by atoms with Crippen molar-refractivity contribution in [3.63, 3.8) is 0 Å². The molecular weight excluding hydrogens is 299 g/mol. The molecular formula is C13H19FN2O4S. The van der Waals surface area contributed by atoms with Crippen molar-refractivity contribution >= 4 is 15.9 Å². The Hall–Kier alpha value is -1.67. The van der Waals surface area contributed by atoms with Gasteiger partial charge in [0.05, 0.1) is 4.90 Å². The van der Waals surface area contributed by atoms with Gasteiger partial charge in [-0.25, -0.2) is 17.5 Å². The van der Waals surface area contributed by atoms with Crippen molar-refractivity contribution in [2.75, 3.05) is 27.2 Å². The zero-order valence-corrected chi connectivity index (χ0v) is 13.0. The van der Waals surface area contributed by atoms with E-state index in [0.29, 0.717) is 6.42 Å². The van der Waals surface area contributed by atoms with Crippen LogP contribution in [0, 0.1) is 5.82 Å². The van der Waals surface area contributed by atoms with Crippen molar-refractivity contribution in [2.24, 2.45) is 0 Å². The number of nitrogens with one attached hydrogen (secondary N) is 1. The van der Waals surface area contributed by atoms with Gasteiger partial charge in [-0.05, 0) is 24.6 Å². The van der Waals surface area contributed by atoms with E-state index in [-0.39, 0.29) is 29.7 Å². The predicted octanol–water partition coefficient (Wildman–Crippen LogP) is 0.981. The fourth-order valence-electron chi connectivity index (χ4n) is 1.35. The van der Waals surface area contributed by atoms with Crippen LogP contribution in [0.2, 0.25) is 0 Å². The summed E-state index contributed by atoms with van der Waals surface area (Å²) >= 11 is 0. The van der Waals surface area contributed by atoms with Gasteiger partial charge in [0.2, 0.25) is 10.0 Å². The molecule has 0 aliphatic carbocycles. The van der Waals surface area contributed by atoms with Crippen LogP contribution in [0.25, 0.3) is 0 Å². The Balaban J connectivity index is 2.83. The lowest BCUT2D eigenvalue weighted by atomic mass is 10.3. The van der Waals surface area contributed by atoms with Crippen molar-refractivity contribution in [3.8, 4) is 5.75 Å². The Morgan fingerprint density at radius 1 is 1.38 bits per heavy atom. The highest BCUT2D eigenvalue weighted by Crippen LogP contribution is 2.21. The zero-order valence-electron chi connectivity index (χ0n) is 12.2. The van der Waals surface area contributed by atoms with Crippen LogP contribution in [0.1, 0.15) is 13.3 Å². The van der Waals surface area contributed by atoms with Gasteiger partial charge in [-0.3, -0.25) is 4.79 Å². The molecule has 118 valence electrons. The minimum absolute atomic E-state index is 0.167. The van der Waals surface area contributed by atoms with Gasteiger partial charge in [-0.2, -0.15) is 0 Å². The minimum atomic E-state index is -3.73. The van der Waals surface area contributed by atoms with E-state index in [1.165, 1.54) is 17.0 Å². The Bertz CT molecular complexity index is 602. The van der Waals surface area contributed by atoms with Crippen LogP contribution >= 0.6 is 0 Å². The Kier molecular flexibility index (Phi) is 6.10. The number of carbonyl (C=O) groups is 1.